The molecule has 1 aromatic carbocycles. The van der Waals surface area contributed by atoms with E-state index >= 15 is 0 Å². The summed E-state index contributed by atoms with van der Waals surface area (Å²) in [5.41, 5.74) is -0.0770. The first-order valence-electron chi connectivity index (χ1n) is 4.61. The van der Waals surface area contributed by atoms with Crippen LogP contribution in [0.25, 0.3) is 0 Å². The zero-order valence-electron chi connectivity index (χ0n) is 8.59. The van der Waals surface area contributed by atoms with E-state index in [1.54, 1.807) is 13.0 Å². The second-order valence-electron chi connectivity index (χ2n) is 3.15. The molecule has 0 radical (unpaired) electrons. The number of ether oxygens (including phenoxy) is 1. The van der Waals surface area contributed by atoms with Gasteiger partial charge in [0.15, 0.2) is 0 Å². The molecule has 0 aliphatic rings. The highest BCUT2D eigenvalue weighted by molar-refractivity contribution is 6.03. The Morgan fingerprint density at radius 3 is 2.53 bits per heavy atom. The number of benzene rings is 1. The van der Waals surface area contributed by atoms with Crippen LogP contribution in [0.2, 0.25) is 0 Å². The second kappa shape index (κ2) is 4.38. The average Bonchev–Trinajstić information content (AvgIpc) is 2.17. The van der Waals surface area contributed by atoms with Gasteiger partial charge in [0.05, 0.1) is 12.2 Å². The molecule has 0 spiro atoms. The molecule has 0 aliphatic heterocycles. The summed E-state index contributed by atoms with van der Waals surface area (Å²) in [7, 11) is 0. The lowest BCUT2D eigenvalue weighted by Crippen LogP contribution is -2.24. The number of Topliss-reactive ketones (excluding diaryl/α,β-unsaturated/α-hetero) is 1. The summed E-state index contributed by atoms with van der Waals surface area (Å²) in [6, 6.07) is 6.00. The van der Waals surface area contributed by atoms with Gasteiger partial charge in [-0.15, -0.1) is 0 Å². The maximum Gasteiger partial charge on any atom is 0.307 e. The van der Waals surface area contributed by atoms with Crippen molar-refractivity contribution in [3.05, 3.63) is 29.8 Å². The fourth-order valence-electron chi connectivity index (χ4n) is 1.17. The first-order valence-corrected chi connectivity index (χ1v) is 4.61. The number of hydrogen-bond donors (Lipinski definition) is 0. The van der Waals surface area contributed by atoms with Crippen LogP contribution in [-0.2, 0) is 0 Å². The molecule has 0 unspecified atom stereocenters. The number of ketones is 1. The maximum absolute atomic E-state index is 12.8. The molecule has 0 amide bonds. The number of alkyl halides is 2. The molecule has 0 fully saturated rings. The molecule has 4 heteroatoms. The molecule has 15 heavy (non-hydrogen) atoms. The molecule has 0 heterocycles. The van der Waals surface area contributed by atoms with Gasteiger partial charge in [-0.25, -0.2) is 0 Å². The molecule has 0 atom stereocenters. The van der Waals surface area contributed by atoms with Crippen LogP contribution in [0.3, 0.4) is 0 Å². The van der Waals surface area contributed by atoms with Crippen molar-refractivity contribution in [2.45, 2.75) is 19.8 Å². The quantitative estimate of drug-likeness (QED) is 0.720. The lowest BCUT2D eigenvalue weighted by Gasteiger charge is -2.12. The minimum absolute atomic E-state index is 0.0770. The Balaban J connectivity index is 3.08. The summed E-state index contributed by atoms with van der Waals surface area (Å²) in [6.07, 6.45) is 0. The third-order valence-electron chi connectivity index (χ3n) is 1.83. The van der Waals surface area contributed by atoms with Crippen molar-refractivity contribution >= 4 is 5.78 Å². The predicted molar refractivity (Wildman–Crippen MR) is 52.6 cm³/mol. The Hall–Kier alpha value is -1.45. The van der Waals surface area contributed by atoms with Crippen LogP contribution in [0.5, 0.6) is 5.75 Å². The lowest BCUT2D eigenvalue weighted by molar-refractivity contribution is 0.0218. The Morgan fingerprint density at radius 2 is 2.00 bits per heavy atom. The van der Waals surface area contributed by atoms with Crippen molar-refractivity contribution < 1.29 is 18.3 Å². The van der Waals surface area contributed by atoms with Crippen molar-refractivity contribution in [1.29, 1.82) is 0 Å². The van der Waals surface area contributed by atoms with Crippen LogP contribution in [0.1, 0.15) is 24.2 Å². The zero-order chi connectivity index (χ0) is 11.5. The van der Waals surface area contributed by atoms with Gasteiger partial charge in [-0.2, -0.15) is 8.78 Å². The molecule has 0 bridgehead atoms. The largest absolute Gasteiger partial charge is 0.493 e. The molecular weight excluding hydrogens is 202 g/mol. The van der Waals surface area contributed by atoms with Crippen LogP contribution < -0.4 is 4.74 Å². The van der Waals surface area contributed by atoms with E-state index in [4.69, 9.17) is 4.74 Å². The number of halogens is 2. The highest BCUT2D eigenvalue weighted by atomic mass is 19.3. The van der Waals surface area contributed by atoms with E-state index in [1.807, 2.05) is 0 Å². The zero-order valence-corrected chi connectivity index (χ0v) is 8.59. The van der Waals surface area contributed by atoms with Gasteiger partial charge in [-0.3, -0.25) is 4.79 Å². The van der Waals surface area contributed by atoms with Gasteiger partial charge in [0.1, 0.15) is 5.75 Å². The molecule has 2 nitrogen and oxygen atoms in total. The van der Waals surface area contributed by atoms with E-state index in [2.05, 4.69) is 0 Å². The minimum atomic E-state index is -3.37. The molecular formula is C11H12F2O2. The Labute approximate surface area is 86.9 Å². The van der Waals surface area contributed by atoms with E-state index in [9.17, 15) is 13.6 Å². The number of carbonyl (C=O) groups is 1. The number of hydrogen-bond acceptors (Lipinski definition) is 2. The van der Waals surface area contributed by atoms with E-state index in [1.165, 1.54) is 18.2 Å². The summed E-state index contributed by atoms with van der Waals surface area (Å²) in [5.74, 6) is -4.38. The maximum atomic E-state index is 12.8. The fraction of sp³-hybridized carbons (Fsp3) is 0.364. The average molecular weight is 214 g/mol. The summed E-state index contributed by atoms with van der Waals surface area (Å²) >= 11 is 0. The number of rotatable bonds is 4. The van der Waals surface area contributed by atoms with Gasteiger partial charge in [0, 0.05) is 6.92 Å². The highest BCUT2D eigenvalue weighted by Gasteiger charge is 2.34. The van der Waals surface area contributed by atoms with Crippen molar-refractivity contribution in [1.82, 2.24) is 0 Å². The highest BCUT2D eigenvalue weighted by Crippen LogP contribution is 2.26. The summed E-state index contributed by atoms with van der Waals surface area (Å²) in [6.45, 7) is 2.64. The number of para-hydroxylation sites is 1. The Kier molecular flexibility index (Phi) is 3.39. The van der Waals surface area contributed by atoms with E-state index in [-0.39, 0.29) is 11.3 Å². The first-order chi connectivity index (χ1) is 6.96. The number of carbonyl (C=O) groups excluding carboxylic acids is 1. The summed E-state index contributed by atoms with van der Waals surface area (Å²) in [4.78, 5) is 11.3. The molecule has 1 rings (SSSR count). The molecule has 0 aromatic heterocycles. The van der Waals surface area contributed by atoms with Crippen LogP contribution >= 0.6 is 0 Å². The smallest absolute Gasteiger partial charge is 0.307 e. The summed E-state index contributed by atoms with van der Waals surface area (Å²) < 4.78 is 30.7. The first kappa shape index (κ1) is 11.6. The second-order valence-corrected chi connectivity index (χ2v) is 3.15. The minimum Gasteiger partial charge on any atom is -0.493 e. The van der Waals surface area contributed by atoms with Gasteiger partial charge in [-0.1, -0.05) is 12.1 Å². The van der Waals surface area contributed by atoms with E-state index in [0.717, 1.165) is 0 Å². The molecule has 0 N–H and O–H groups in total. The predicted octanol–water partition coefficient (Wildman–Crippen LogP) is 2.92. The monoisotopic (exact) mass is 214 g/mol. The van der Waals surface area contributed by atoms with Crippen LogP contribution in [0, 0.1) is 0 Å². The SMILES string of the molecule is CCOc1ccccc1C(=O)C(C)(F)F. The Bertz CT molecular complexity index is 356. The van der Waals surface area contributed by atoms with Gasteiger partial charge in [0.2, 0.25) is 5.78 Å². The Morgan fingerprint density at radius 1 is 1.40 bits per heavy atom. The van der Waals surface area contributed by atoms with Crippen LogP contribution in [-0.4, -0.2) is 18.3 Å². The lowest BCUT2D eigenvalue weighted by atomic mass is 10.1. The standard InChI is InChI=1S/C11H12F2O2/c1-3-15-9-7-5-4-6-8(9)10(14)11(2,12)13/h4-7H,3H2,1-2H3. The van der Waals surface area contributed by atoms with Gasteiger partial charge in [0.25, 0.3) is 0 Å². The normalized spacial score (nSPS) is 11.2. The van der Waals surface area contributed by atoms with E-state index < -0.39 is 11.7 Å². The van der Waals surface area contributed by atoms with Crippen molar-refractivity contribution in [3.63, 3.8) is 0 Å². The molecule has 0 saturated carbocycles. The summed E-state index contributed by atoms with van der Waals surface area (Å²) in [5, 5.41) is 0. The third-order valence-corrected chi connectivity index (χ3v) is 1.83. The third kappa shape index (κ3) is 2.75. The van der Waals surface area contributed by atoms with Crippen molar-refractivity contribution in [3.8, 4) is 5.75 Å². The van der Waals surface area contributed by atoms with E-state index in [0.29, 0.717) is 13.5 Å². The van der Waals surface area contributed by atoms with Gasteiger partial charge < -0.3 is 4.74 Å². The topological polar surface area (TPSA) is 26.3 Å². The fourth-order valence-corrected chi connectivity index (χ4v) is 1.17. The molecule has 1 aromatic rings. The molecule has 0 saturated heterocycles. The van der Waals surface area contributed by atoms with Crippen molar-refractivity contribution in [2.24, 2.45) is 0 Å². The van der Waals surface area contributed by atoms with Gasteiger partial charge >= 0.3 is 5.92 Å². The van der Waals surface area contributed by atoms with Crippen LogP contribution in [0.4, 0.5) is 8.78 Å². The van der Waals surface area contributed by atoms with Gasteiger partial charge in [-0.05, 0) is 19.1 Å². The van der Waals surface area contributed by atoms with Crippen LogP contribution in [0.15, 0.2) is 24.3 Å². The molecule has 0 aliphatic carbocycles. The van der Waals surface area contributed by atoms with Crippen molar-refractivity contribution in [2.75, 3.05) is 6.61 Å². The molecule has 82 valence electrons.